The number of carbonyl (C=O) groups excluding carboxylic acids is 1. The Morgan fingerprint density at radius 3 is 2.91 bits per heavy atom. The molecule has 0 spiro atoms. The Morgan fingerprint density at radius 2 is 2.14 bits per heavy atom. The number of carbonyl (C=O) groups is 2. The molecule has 118 valence electrons. The second kappa shape index (κ2) is 5.00. The zero-order valence-electron chi connectivity index (χ0n) is 12.3. The first kappa shape index (κ1) is 13.6. The van der Waals surface area contributed by atoms with E-state index in [0.29, 0.717) is 37.1 Å². The predicted molar refractivity (Wildman–Crippen MR) is 75.7 cm³/mol. The van der Waals surface area contributed by atoms with Crippen LogP contribution < -0.4 is 4.74 Å². The van der Waals surface area contributed by atoms with Crippen molar-refractivity contribution in [3.05, 3.63) is 11.8 Å². The molecule has 1 N–H and O–H groups in total. The first-order chi connectivity index (χ1) is 10.6. The van der Waals surface area contributed by atoms with Crippen molar-refractivity contribution in [2.75, 3.05) is 6.61 Å². The summed E-state index contributed by atoms with van der Waals surface area (Å²) in [5.41, 5.74) is 0.298. The highest BCUT2D eigenvalue weighted by Crippen LogP contribution is 2.40. The van der Waals surface area contributed by atoms with Gasteiger partial charge in [-0.3, -0.25) is 4.79 Å². The summed E-state index contributed by atoms with van der Waals surface area (Å²) in [7, 11) is 0. The average Bonchev–Trinajstić information content (AvgIpc) is 3.18. The predicted octanol–water partition coefficient (Wildman–Crippen LogP) is 1.13. The molecule has 3 atom stereocenters. The van der Waals surface area contributed by atoms with Crippen molar-refractivity contribution in [1.82, 2.24) is 14.7 Å². The molecule has 4 rings (SSSR count). The molecule has 2 fully saturated rings. The fraction of sp³-hybridized carbons (Fsp3) is 0.667. The molecule has 1 aromatic rings. The van der Waals surface area contributed by atoms with Crippen LogP contribution in [-0.2, 0) is 11.3 Å². The van der Waals surface area contributed by atoms with E-state index in [4.69, 9.17) is 4.74 Å². The van der Waals surface area contributed by atoms with Crippen LogP contribution in [0.5, 0.6) is 5.88 Å². The molecule has 7 nitrogen and oxygen atoms in total. The minimum atomic E-state index is -0.911. The highest BCUT2D eigenvalue weighted by molar-refractivity contribution is 5.96. The van der Waals surface area contributed by atoms with Gasteiger partial charge in [0.25, 0.3) is 5.91 Å². The zero-order valence-corrected chi connectivity index (χ0v) is 12.3. The van der Waals surface area contributed by atoms with E-state index in [1.54, 1.807) is 15.6 Å². The third-order valence-electron chi connectivity index (χ3n) is 5.12. The zero-order chi connectivity index (χ0) is 15.3. The molecule has 3 aliphatic rings. The average molecular weight is 305 g/mol. The summed E-state index contributed by atoms with van der Waals surface area (Å²) >= 11 is 0. The van der Waals surface area contributed by atoms with Gasteiger partial charge in [0.1, 0.15) is 12.6 Å². The molecule has 22 heavy (non-hydrogen) atoms. The van der Waals surface area contributed by atoms with Crippen molar-refractivity contribution < 1.29 is 19.4 Å². The number of carboxylic acids is 1. The number of aromatic nitrogens is 2. The van der Waals surface area contributed by atoms with Gasteiger partial charge in [-0.25, -0.2) is 9.48 Å². The maximum atomic E-state index is 12.9. The Kier molecular flexibility index (Phi) is 3.09. The van der Waals surface area contributed by atoms with Crippen LogP contribution in [0.4, 0.5) is 0 Å². The van der Waals surface area contributed by atoms with Crippen LogP contribution in [0.3, 0.4) is 0 Å². The molecular weight excluding hydrogens is 286 g/mol. The summed E-state index contributed by atoms with van der Waals surface area (Å²) in [4.78, 5) is 26.0. The van der Waals surface area contributed by atoms with Gasteiger partial charge in [0.15, 0.2) is 5.69 Å². The van der Waals surface area contributed by atoms with Crippen molar-refractivity contribution >= 4 is 11.9 Å². The lowest BCUT2D eigenvalue weighted by Crippen LogP contribution is -2.46. The number of fused-ring (bicyclic) bond motifs is 2. The lowest BCUT2D eigenvalue weighted by atomic mass is 9.84. The summed E-state index contributed by atoms with van der Waals surface area (Å²) in [6.07, 6.45) is 4.66. The summed E-state index contributed by atoms with van der Waals surface area (Å²) in [6.45, 7) is 1.21. The number of aliphatic carboxylic acids is 1. The smallest absolute Gasteiger partial charge is 0.326 e. The second-order valence-corrected chi connectivity index (χ2v) is 6.35. The molecule has 0 bridgehead atoms. The minimum Gasteiger partial charge on any atom is -0.480 e. The van der Waals surface area contributed by atoms with Gasteiger partial charge in [0.2, 0.25) is 5.88 Å². The SMILES string of the molecule is O=C(O)[C@@H]1C[C@@H]2CCCC[C@@H]2N1C(=O)c1cc2n(n1)CCO2. The van der Waals surface area contributed by atoms with Crippen LogP contribution in [0, 0.1) is 5.92 Å². The van der Waals surface area contributed by atoms with Crippen LogP contribution >= 0.6 is 0 Å². The van der Waals surface area contributed by atoms with Crippen molar-refractivity contribution in [3.63, 3.8) is 0 Å². The number of amides is 1. The number of carboxylic acid groups (broad SMARTS) is 1. The van der Waals surface area contributed by atoms with Crippen LogP contribution in [0.1, 0.15) is 42.6 Å². The molecule has 1 saturated heterocycles. The Hall–Kier alpha value is -2.05. The fourth-order valence-electron chi connectivity index (χ4n) is 4.12. The van der Waals surface area contributed by atoms with Crippen LogP contribution in [-0.4, -0.2) is 50.4 Å². The van der Waals surface area contributed by atoms with E-state index in [0.717, 1.165) is 25.7 Å². The Balaban J connectivity index is 1.64. The minimum absolute atomic E-state index is 0.0415. The van der Waals surface area contributed by atoms with Crippen LogP contribution in [0.25, 0.3) is 0 Å². The number of rotatable bonds is 2. The maximum Gasteiger partial charge on any atom is 0.326 e. The van der Waals surface area contributed by atoms with E-state index < -0.39 is 12.0 Å². The number of likely N-dealkylation sites (tertiary alicyclic amines) is 1. The van der Waals surface area contributed by atoms with E-state index in [-0.39, 0.29) is 11.9 Å². The maximum absolute atomic E-state index is 12.9. The third kappa shape index (κ3) is 1.99. The summed E-state index contributed by atoms with van der Waals surface area (Å²) in [6, 6.07) is 0.947. The quantitative estimate of drug-likeness (QED) is 0.885. The monoisotopic (exact) mass is 305 g/mol. The molecule has 2 aliphatic heterocycles. The molecule has 3 heterocycles. The molecule has 7 heteroatoms. The van der Waals surface area contributed by atoms with Gasteiger partial charge in [-0.05, 0) is 25.2 Å². The van der Waals surface area contributed by atoms with Gasteiger partial charge in [-0.1, -0.05) is 12.8 Å². The second-order valence-electron chi connectivity index (χ2n) is 6.35. The van der Waals surface area contributed by atoms with Gasteiger partial charge >= 0.3 is 5.97 Å². The van der Waals surface area contributed by atoms with E-state index in [2.05, 4.69) is 5.10 Å². The molecule has 0 aromatic carbocycles. The molecule has 0 radical (unpaired) electrons. The first-order valence-corrected chi connectivity index (χ1v) is 7.91. The van der Waals surface area contributed by atoms with Crippen molar-refractivity contribution in [2.24, 2.45) is 5.92 Å². The summed E-state index contributed by atoms with van der Waals surface area (Å²) < 4.78 is 7.05. The van der Waals surface area contributed by atoms with Gasteiger partial charge in [0.05, 0.1) is 6.54 Å². The van der Waals surface area contributed by atoms with Crippen LogP contribution in [0.2, 0.25) is 0 Å². The normalized spacial score (nSPS) is 29.8. The topological polar surface area (TPSA) is 84.7 Å². The van der Waals surface area contributed by atoms with E-state index >= 15 is 0 Å². The van der Waals surface area contributed by atoms with Gasteiger partial charge in [-0.15, -0.1) is 0 Å². The van der Waals surface area contributed by atoms with E-state index in [9.17, 15) is 14.7 Å². The molecule has 1 aliphatic carbocycles. The highest BCUT2D eigenvalue weighted by Gasteiger charge is 2.48. The van der Waals surface area contributed by atoms with E-state index in [1.165, 1.54) is 0 Å². The van der Waals surface area contributed by atoms with Crippen molar-refractivity contribution in [1.29, 1.82) is 0 Å². The number of hydrogen-bond acceptors (Lipinski definition) is 4. The first-order valence-electron chi connectivity index (χ1n) is 7.91. The van der Waals surface area contributed by atoms with Crippen LogP contribution in [0.15, 0.2) is 6.07 Å². The van der Waals surface area contributed by atoms with Gasteiger partial charge in [0, 0.05) is 12.1 Å². The standard InChI is InChI=1S/C15H19N3O4/c19-14(10-8-13-17(16-10)5-6-22-13)18-11-4-2-1-3-9(11)7-12(18)15(20)21/h8-9,11-12H,1-7H2,(H,20,21)/t9-,11-,12-/m0/s1. The largest absolute Gasteiger partial charge is 0.480 e. The fourth-order valence-corrected chi connectivity index (χ4v) is 4.12. The van der Waals surface area contributed by atoms with Gasteiger partial charge in [-0.2, -0.15) is 5.10 Å². The summed E-state index contributed by atoms with van der Waals surface area (Å²) in [5.74, 6) is -0.280. The lowest BCUT2D eigenvalue weighted by Gasteiger charge is -2.32. The lowest BCUT2D eigenvalue weighted by molar-refractivity contribution is -0.141. The van der Waals surface area contributed by atoms with Gasteiger partial charge < -0.3 is 14.7 Å². The Bertz CT molecular complexity index is 605. The number of ether oxygens (including phenoxy) is 1. The van der Waals surface area contributed by atoms with Crippen molar-refractivity contribution in [3.8, 4) is 5.88 Å². The molecule has 1 saturated carbocycles. The Labute approximate surface area is 127 Å². The molecule has 1 amide bonds. The molecule has 1 aromatic heterocycles. The molecule has 0 unspecified atom stereocenters. The number of hydrogen-bond donors (Lipinski definition) is 1. The van der Waals surface area contributed by atoms with Crippen molar-refractivity contribution in [2.45, 2.75) is 50.7 Å². The number of nitrogens with zero attached hydrogens (tertiary/aromatic N) is 3. The summed E-state index contributed by atoms with van der Waals surface area (Å²) in [5, 5.41) is 13.8. The highest BCUT2D eigenvalue weighted by atomic mass is 16.5. The molecular formula is C15H19N3O4. The Morgan fingerprint density at radius 1 is 1.32 bits per heavy atom. The third-order valence-corrected chi connectivity index (χ3v) is 5.12. The van der Waals surface area contributed by atoms with E-state index in [1.807, 2.05) is 0 Å².